The summed E-state index contributed by atoms with van der Waals surface area (Å²) >= 11 is 0. The molecule has 0 saturated heterocycles. The molecule has 0 spiro atoms. The summed E-state index contributed by atoms with van der Waals surface area (Å²) in [5.74, 6) is -0.428. The zero-order chi connectivity index (χ0) is 10.7. The quantitative estimate of drug-likeness (QED) is 0.631. The minimum absolute atomic E-state index is 0.0479. The van der Waals surface area contributed by atoms with Gasteiger partial charge in [0.25, 0.3) is 0 Å². The van der Waals surface area contributed by atoms with E-state index in [2.05, 4.69) is 0 Å². The first-order valence-corrected chi connectivity index (χ1v) is 4.30. The van der Waals surface area contributed by atoms with Gasteiger partial charge in [0.2, 0.25) is 0 Å². The SMILES string of the molecule is CC(O)(CN)CC(=O)OC(C)(C)C. The van der Waals surface area contributed by atoms with Crippen molar-refractivity contribution in [2.45, 2.75) is 45.3 Å². The molecule has 0 aliphatic carbocycles. The Kier molecular flexibility index (Phi) is 3.88. The molecule has 0 amide bonds. The van der Waals surface area contributed by atoms with Crippen LogP contribution in [0.15, 0.2) is 0 Å². The number of carbonyl (C=O) groups excluding carboxylic acids is 1. The summed E-state index contributed by atoms with van der Waals surface area (Å²) in [5.41, 5.74) is 3.58. The van der Waals surface area contributed by atoms with Crippen LogP contribution in [0.3, 0.4) is 0 Å². The van der Waals surface area contributed by atoms with Crippen LogP contribution in [0.25, 0.3) is 0 Å². The number of ether oxygens (including phenoxy) is 1. The van der Waals surface area contributed by atoms with Crippen molar-refractivity contribution in [3.8, 4) is 0 Å². The van der Waals surface area contributed by atoms with Crippen molar-refractivity contribution in [3.05, 3.63) is 0 Å². The minimum atomic E-state index is -1.16. The fraction of sp³-hybridized carbons (Fsp3) is 0.889. The van der Waals surface area contributed by atoms with Gasteiger partial charge in [-0.3, -0.25) is 4.79 Å². The van der Waals surface area contributed by atoms with Crippen LogP contribution in [0.4, 0.5) is 0 Å². The highest BCUT2D eigenvalue weighted by Crippen LogP contribution is 2.13. The zero-order valence-electron chi connectivity index (χ0n) is 8.76. The molecule has 0 aromatic carbocycles. The summed E-state index contributed by atoms with van der Waals surface area (Å²) < 4.78 is 5.02. The summed E-state index contributed by atoms with van der Waals surface area (Å²) in [6.45, 7) is 6.90. The fourth-order valence-corrected chi connectivity index (χ4v) is 0.761. The van der Waals surface area contributed by atoms with E-state index >= 15 is 0 Å². The van der Waals surface area contributed by atoms with Crippen molar-refractivity contribution in [1.29, 1.82) is 0 Å². The molecule has 0 heterocycles. The second-order valence-electron chi connectivity index (χ2n) is 4.46. The molecule has 0 saturated carbocycles. The van der Waals surface area contributed by atoms with E-state index in [9.17, 15) is 9.90 Å². The van der Waals surface area contributed by atoms with E-state index in [-0.39, 0.29) is 13.0 Å². The number of hydrogen-bond acceptors (Lipinski definition) is 4. The van der Waals surface area contributed by atoms with Crippen LogP contribution in [0, 0.1) is 0 Å². The lowest BCUT2D eigenvalue weighted by Crippen LogP contribution is -2.38. The Morgan fingerprint density at radius 1 is 1.38 bits per heavy atom. The van der Waals surface area contributed by atoms with Gasteiger partial charge in [-0.1, -0.05) is 0 Å². The summed E-state index contributed by atoms with van der Waals surface area (Å²) in [6.07, 6.45) is -0.0687. The molecule has 0 aliphatic heterocycles. The normalized spacial score (nSPS) is 16.5. The zero-order valence-corrected chi connectivity index (χ0v) is 8.76. The molecule has 0 fully saturated rings. The van der Waals surface area contributed by atoms with Crippen LogP contribution >= 0.6 is 0 Å². The van der Waals surface area contributed by atoms with Crippen molar-refractivity contribution >= 4 is 5.97 Å². The summed E-state index contributed by atoms with van der Waals surface area (Å²) in [5, 5.41) is 9.46. The molecule has 0 bridgehead atoms. The van der Waals surface area contributed by atoms with Gasteiger partial charge in [-0.25, -0.2) is 0 Å². The Morgan fingerprint density at radius 2 is 1.85 bits per heavy atom. The van der Waals surface area contributed by atoms with Crippen LogP contribution in [-0.4, -0.2) is 28.8 Å². The molecule has 0 aliphatic rings. The molecule has 1 atom stereocenters. The van der Waals surface area contributed by atoms with E-state index in [0.717, 1.165) is 0 Å². The molecule has 0 aromatic rings. The lowest BCUT2D eigenvalue weighted by Gasteiger charge is -2.24. The largest absolute Gasteiger partial charge is 0.460 e. The number of carbonyl (C=O) groups is 1. The van der Waals surface area contributed by atoms with Gasteiger partial charge >= 0.3 is 5.97 Å². The first kappa shape index (κ1) is 12.4. The topological polar surface area (TPSA) is 72.5 Å². The van der Waals surface area contributed by atoms with Gasteiger partial charge in [0.1, 0.15) is 5.60 Å². The van der Waals surface area contributed by atoms with Gasteiger partial charge in [-0.2, -0.15) is 0 Å². The minimum Gasteiger partial charge on any atom is -0.460 e. The predicted octanol–water partition coefficient (Wildman–Crippen LogP) is 0.428. The summed E-state index contributed by atoms with van der Waals surface area (Å²) in [4.78, 5) is 11.2. The molecule has 4 heteroatoms. The third-order valence-electron chi connectivity index (χ3n) is 1.38. The molecule has 13 heavy (non-hydrogen) atoms. The van der Waals surface area contributed by atoms with E-state index in [1.165, 1.54) is 6.92 Å². The van der Waals surface area contributed by atoms with Crippen molar-refractivity contribution in [1.82, 2.24) is 0 Å². The lowest BCUT2D eigenvalue weighted by molar-refractivity contribution is -0.159. The molecule has 78 valence electrons. The Balaban J connectivity index is 4.03. The van der Waals surface area contributed by atoms with Crippen LogP contribution in [0.5, 0.6) is 0 Å². The van der Waals surface area contributed by atoms with E-state index < -0.39 is 17.2 Å². The van der Waals surface area contributed by atoms with Gasteiger partial charge in [0.15, 0.2) is 0 Å². The maximum Gasteiger partial charge on any atom is 0.309 e. The highest BCUT2D eigenvalue weighted by atomic mass is 16.6. The highest BCUT2D eigenvalue weighted by molar-refractivity contribution is 5.71. The molecule has 0 radical (unpaired) electrons. The third kappa shape index (κ3) is 6.54. The van der Waals surface area contributed by atoms with Crippen LogP contribution in [0.1, 0.15) is 34.1 Å². The smallest absolute Gasteiger partial charge is 0.309 e. The van der Waals surface area contributed by atoms with E-state index in [0.29, 0.717) is 0 Å². The first-order chi connectivity index (χ1) is 5.66. The van der Waals surface area contributed by atoms with Gasteiger partial charge in [0, 0.05) is 6.54 Å². The Hall–Kier alpha value is -0.610. The van der Waals surface area contributed by atoms with Gasteiger partial charge < -0.3 is 15.6 Å². The first-order valence-electron chi connectivity index (χ1n) is 4.30. The van der Waals surface area contributed by atoms with Crippen molar-refractivity contribution < 1.29 is 14.6 Å². The molecule has 1 unspecified atom stereocenters. The highest BCUT2D eigenvalue weighted by Gasteiger charge is 2.26. The van der Waals surface area contributed by atoms with Gasteiger partial charge in [0.05, 0.1) is 12.0 Å². The van der Waals surface area contributed by atoms with Crippen molar-refractivity contribution in [3.63, 3.8) is 0 Å². The molecular weight excluding hydrogens is 170 g/mol. The Bertz CT molecular complexity index is 182. The van der Waals surface area contributed by atoms with Crippen LogP contribution < -0.4 is 5.73 Å². The Morgan fingerprint density at radius 3 is 2.15 bits per heavy atom. The molecule has 3 N–H and O–H groups in total. The Labute approximate surface area is 79.1 Å². The van der Waals surface area contributed by atoms with Crippen molar-refractivity contribution in [2.24, 2.45) is 5.73 Å². The standard InChI is InChI=1S/C9H19NO3/c1-8(2,3)13-7(11)5-9(4,12)6-10/h12H,5-6,10H2,1-4H3. The second-order valence-corrected chi connectivity index (χ2v) is 4.46. The van der Waals surface area contributed by atoms with Crippen LogP contribution in [-0.2, 0) is 9.53 Å². The molecule has 4 nitrogen and oxygen atoms in total. The summed E-state index contributed by atoms with van der Waals surface area (Å²) in [6, 6.07) is 0. The maximum atomic E-state index is 11.2. The number of esters is 1. The van der Waals surface area contributed by atoms with E-state index in [1.54, 1.807) is 20.8 Å². The maximum absolute atomic E-state index is 11.2. The third-order valence-corrected chi connectivity index (χ3v) is 1.38. The number of nitrogens with two attached hydrogens (primary N) is 1. The lowest BCUT2D eigenvalue weighted by atomic mass is 10.0. The number of rotatable bonds is 3. The fourth-order valence-electron chi connectivity index (χ4n) is 0.761. The second kappa shape index (κ2) is 4.07. The molecular formula is C9H19NO3. The predicted molar refractivity (Wildman–Crippen MR) is 50.1 cm³/mol. The van der Waals surface area contributed by atoms with Gasteiger partial charge in [-0.05, 0) is 27.7 Å². The van der Waals surface area contributed by atoms with E-state index in [1.807, 2.05) is 0 Å². The molecule has 0 aromatic heterocycles. The number of hydrogen-bond donors (Lipinski definition) is 2. The van der Waals surface area contributed by atoms with E-state index in [4.69, 9.17) is 10.5 Å². The van der Waals surface area contributed by atoms with Gasteiger partial charge in [-0.15, -0.1) is 0 Å². The molecule has 0 rings (SSSR count). The number of aliphatic hydroxyl groups is 1. The average molecular weight is 189 g/mol. The summed E-state index contributed by atoms with van der Waals surface area (Å²) in [7, 11) is 0. The monoisotopic (exact) mass is 189 g/mol. The van der Waals surface area contributed by atoms with Crippen LogP contribution in [0.2, 0.25) is 0 Å². The van der Waals surface area contributed by atoms with Crippen molar-refractivity contribution in [2.75, 3.05) is 6.54 Å². The average Bonchev–Trinajstić information content (AvgIpc) is 1.81.